The molecule has 2 N–H and O–H groups in total. The maximum Gasteiger partial charge on any atom is 0.221 e. The van der Waals surface area contributed by atoms with Gasteiger partial charge in [-0.05, 0) is 17.9 Å². The third-order valence-corrected chi connectivity index (χ3v) is 3.36. The van der Waals surface area contributed by atoms with Gasteiger partial charge < -0.3 is 10.6 Å². The van der Waals surface area contributed by atoms with Crippen LogP contribution >= 0.6 is 11.3 Å². The molecule has 92 valence electrons. The molecule has 1 amide bonds. The van der Waals surface area contributed by atoms with Gasteiger partial charge in [-0.1, -0.05) is 6.92 Å². The highest BCUT2D eigenvalue weighted by atomic mass is 32.1. The lowest BCUT2D eigenvalue weighted by atomic mass is 10.1. The molecule has 5 heteroatoms. The van der Waals surface area contributed by atoms with Crippen LogP contribution in [0.4, 0.5) is 5.69 Å². The second kappa shape index (κ2) is 7.05. The van der Waals surface area contributed by atoms with Crippen LogP contribution in [-0.2, 0) is 11.3 Å². The van der Waals surface area contributed by atoms with Gasteiger partial charge in [-0.3, -0.25) is 4.79 Å². The molecule has 0 bridgehead atoms. The second-order valence-corrected chi connectivity index (χ2v) is 4.79. The minimum Gasteiger partial charge on any atom is -0.325 e. The summed E-state index contributed by atoms with van der Waals surface area (Å²) >= 11 is 1.60. The lowest BCUT2D eigenvalue weighted by molar-refractivity contribution is -0.114. The van der Waals surface area contributed by atoms with E-state index in [1.807, 2.05) is 11.4 Å². The van der Waals surface area contributed by atoms with Gasteiger partial charge in [0.05, 0.1) is 18.2 Å². The molecule has 0 aliphatic carbocycles. The number of hydrogen-bond donors (Lipinski definition) is 2. The summed E-state index contributed by atoms with van der Waals surface area (Å²) in [7, 11) is 0. The van der Waals surface area contributed by atoms with Crippen molar-refractivity contribution in [1.82, 2.24) is 5.32 Å². The van der Waals surface area contributed by atoms with Crippen molar-refractivity contribution in [1.29, 1.82) is 5.26 Å². The molecule has 17 heavy (non-hydrogen) atoms. The molecule has 1 atom stereocenters. The second-order valence-electron chi connectivity index (χ2n) is 3.79. The number of amides is 1. The van der Waals surface area contributed by atoms with Crippen LogP contribution in [0, 0.1) is 11.3 Å². The van der Waals surface area contributed by atoms with E-state index in [4.69, 9.17) is 5.26 Å². The molecule has 4 nitrogen and oxygen atoms in total. The average Bonchev–Trinajstić information content (AvgIpc) is 2.71. The highest BCUT2D eigenvalue weighted by Gasteiger charge is 2.09. The molecule has 1 rings (SSSR count). The summed E-state index contributed by atoms with van der Waals surface area (Å²) in [6.07, 6.45) is 1.44. The SMILES string of the molecule is CCC(CC#N)NCc1sccc1NC(C)=O. The van der Waals surface area contributed by atoms with Crippen LogP contribution < -0.4 is 10.6 Å². The van der Waals surface area contributed by atoms with Crippen molar-refractivity contribution in [3.8, 4) is 6.07 Å². The lowest BCUT2D eigenvalue weighted by Gasteiger charge is -2.13. The standard InChI is InChI=1S/C12H17N3OS/c1-3-10(4-6-13)14-8-12-11(5-7-17-12)15-9(2)16/h5,7,10,14H,3-4,8H2,1-2H3,(H,15,16). The van der Waals surface area contributed by atoms with Crippen LogP contribution in [0.3, 0.4) is 0 Å². The fourth-order valence-corrected chi connectivity index (χ4v) is 2.27. The number of thiophene rings is 1. The summed E-state index contributed by atoms with van der Waals surface area (Å²) in [5, 5.41) is 16.7. The Morgan fingerprint density at radius 1 is 1.65 bits per heavy atom. The molecule has 0 aliphatic heterocycles. The van der Waals surface area contributed by atoms with Crippen LogP contribution in [0.25, 0.3) is 0 Å². The van der Waals surface area contributed by atoms with Crippen LogP contribution in [-0.4, -0.2) is 11.9 Å². The number of carbonyl (C=O) groups is 1. The Kier molecular flexibility index (Phi) is 5.67. The van der Waals surface area contributed by atoms with Crippen LogP contribution in [0.15, 0.2) is 11.4 Å². The Labute approximate surface area is 106 Å². The molecule has 0 saturated heterocycles. The zero-order chi connectivity index (χ0) is 12.7. The smallest absolute Gasteiger partial charge is 0.221 e. The molecule has 0 spiro atoms. The zero-order valence-electron chi connectivity index (χ0n) is 10.1. The van der Waals surface area contributed by atoms with Gasteiger partial charge >= 0.3 is 0 Å². The van der Waals surface area contributed by atoms with E-state index in [1.54, 1.807) is 11.3 Å². The number of nitriles is 1. The number of hydrogen-bond acceptors (Lipinski definition) is 4. The summed E-state index contributed by atoms with van der Waals surface area (Å²) in [5.74, 6) is -0.0614. The van der Waals surface area contributed by atoms with Crippen LogP contribution in [0.5, 0.6) is 0 Å². The predicted octanol–water partition coefficient (Wildman–Crippen LogP) is 2.49. The largest absolute Gasteiger partial charge is 0.325 e. The normalized spacial score (nSPS) is 11.8. The molecule has 1 aromatic rings. The zero-order valence-corrected chi connectivity index (χ0v) is 10.9. The average molecular weight is 251 g/mol. The van der Waals surface area contributed by atoms with Gasteiger partial charge in [-0.25, -0.2) is 0 Å². The van der Waals surface area contributed by atoms with E-state index in [-0.39, 0.29) is 11.9 Å². The lowest BCUT2D eigenvalue weighted by Crippen LogP contribution is -2.27. The number of nitrogens with zero attached hydrogens (tertiary/aromatic N) is 1. The first-order valence-electron chi connectivity index (χ1n) is 5.61. The van der Waals surface area contributed by atoms with Gasteiger partial charge in [0.15, 0.2) is 0 Å². The molecule has 1 unspecified atom stereocenters. The summed E-state index contributed by atoms with van der Waals surface area (Å²) in [4.78, 5) is 12.1. The van der Waals surface area contributed by atoms with E-state index in [0.29, 0.717) is 13.0 Å². The molecule has 0 aromatic carbocycles. The number of anilines is 1. The highest BCUT2D eigenvalue weighted by molar-refractivity contribution is 7.10. The third-order valence-electron chi connectivity index (χ3n) is 2.44. The van der Waals surface area contributed by atoms with E-state index >= 15 is 0 Å². The number of rotatable bonds is 6. The monoisotopic (exact) mass is 251 g/mol. The fraction of sp³-hybridized carbons (Fsp3) is 0.500. The van der Waals surface area contributed by atoms with E-state index in [9.17, 15) is 4.79 Å². The summed E-state index contributed by atoms with van der Waals surface area (Å²) < 4.78 is 0. The first kappa shape index (κ1) is 13.7. The Morgan fingerprint density at radius 2 is 2.41 bits per heavy atom. The molecular formula is C12H17N3OS. The van der Waals surface area contributed by atoms with Crippen molar-refractivity contribution in [3.63, 3.8) is 0 Å². The molecule has 0 aliphatic rings. The van der Waals surface area contributed by atoms with Crippen molar-refractivity contribution in [2.45, 2.75) is 39.3 Å². The van der Waals surface area contributed by atoms with Gasteiger partial charge in [0, 0.05) is 24.4 Å². The topological polar surface area (TPSA) is 64.9 Å². The number of carbonyl (C=O) groups excluding carboxylic acids is 1. The van der Waals surface area contributed by atoms with Gasteiger partial charge in [0.2, 0.25) is 5.91 Å². The molecule has 0 radical (unpaired) electrons. The summed E-state index contributed by atoms with van der Waals surface area (Å²) in [6.45, 7) is 4.24. The minimum absolute atomic E-state index is 0.0614. The van der Waals surface area contributed by atoms with Crippen molar-refractivity contribution in [2.24, 2.45) is 0 Å². The first-order chi connectivity index (χ1) is 8.17. The summed E-state index contributed by atoms with van der Waals surface area (Å²) in [5.41, 5.74) is 0.863. The quantitative estimate of drug-likeness (QED) is 0.816. The van der Waals surface area contributed by atoms with Gasteiger partial charge in [-0.2, -0.15) is 5.26 Å². The van der Waals surface area contributed by atoms with Crippen molar-refractivity contribution >= 4 is 22.9 Å². The highest BCUT2D eigenvalue weighted by Crippen LogP contribution is 2.22. The van der Waals surface area contributed by atoms with Gasteiger partial charge in [0.1, 0.15) is 0 Å². The maximum absolute atomic E-state index is 11.0. The van der Waals surface area contributed by atoms with Crippen molar-refractivity contribution in [2.75, 3.05) is 5.32 Å². The third kappa shape index (κ3) is 4.55. The van der Waals surface area contributed by atoms with Gasteiger partial charge in [0.25, 0.3) is 0 Å². The number of nitrogens with one attached hydrogen (secondary N) is 2. The van der Waals surface area contributed by atoms with E-state index in [2.05, 4.69) is 23.6 Å². The van der Waals surface area contributed by atoms with Crippen molar-refractivity contribution in [3.05, 3.63) is 16.3 Å². The fourth-order valence-electron chi connectivity index (χ4n) is 1.49. The minimum atomic E-state index is -0.0614. The predicted molar refractivity (Wildman–Crippen MR) is 69.8 cm³/mol. The Bertz CT molecular complexity index is 408. The molecule has 0 fully saturated rings. The molecular weight excluding hydrogens is 234 g/mol. The Morgan fingerprint density at radius 3 is 3.00 bits per heavy atom. The Balaban J connectivity index is 2.54. The van der Waals surface area contributed by atoms with E-state index in [0.717, 1.165) is 17.0 Å². The molecule has 1 aromatic heterocycles. The van der Waals surface area contributed by atoms with Crippen LogP contribution in [0.1, 0.15) is 31.6 Å². The molecule has 0 saturated carbocycles. The van der Waals surface area contributed by atoms with E-state index in [1.165, 1.54) is 6.92 Å². The maximum atomic E-state index is 11.0. The van der Waals surface area contributed by atoms with E-state index < -0.39 is 0 Å². The Hall–Kier alpha value is -1.38. The van der Waals surface area contributed by atoms with Crippen molar-refractivity contribution < 1.29 is 4.79 Å². The van der Waals surface area contributed by atoms with Gasteiger partial charge in [-0.15, -0.1) is 11.3 Å². The first-order valence-corrected chi connectivity index (χ1v) is 6.49. The summed E-state index contributed by atoms with van der Waals surface area (Å²) in [6, 6.07) is 4.28. The molecule has 1 heterocycles. The van der Waals surface area contributed by atoms with Crippen LogP contribution in [0.2, 0.25) is 0 Å².